The Balaban J connectivity index is 1.48. The molecule has 0 amide bonds. The second-order valence-corrected chi connectivity index (χ2v) is 16.7. The van der Waals surface area contributed by atoms with E-state index in [-0.39, 0.29) is 23.2 Å². The van der Waals surface area contributed by atoms with Gasteiger partial charge in [0, 0.05) is 6.54 Å². The van der Waals surface area contributed by atoms with Crippen LogP contribution in [0.5, 0.6) is 5.75 Å². The number of benzene rings is 2. The van der Waals surface area contributed by atoms with Crippen molar-refractivity contribution in [3.63, 3.8) is 0 Å². The van der Waals surface area contributed by atoms with Crippen molar-refractivity contribution in [1.29, 1.82) is 0 Å². The highest BCUT2D eigenvalue weighted by Gasteiger charge is 2.51. The molecule has 1 aliphatic rings. The molecule has 0 radical (unpaired) electrons. The number of rotatable bonds is 8. The van der Waals surface area contributed by atoms with Gasteiger partial charge in [-0.25, -0.2) is 15.0 Å². The van der Waals surface area contributed by atoms with Gasteiger partial charge in [0.05, 0.1) is 6.61 Å². The highest BCUT2D eigenvalue weighted by atomic mass is 28.4. The molecule has 2 aromatic carbocycles. The Morgan fingerprint density at radius 1 is 1.10 bits per heavy atom. The SMILES string of the molecule is CC(C)(C)[Si](C)(C)O[C@@H]1[C@H](O)[C@@H](CO)O[C@H]1n1c(NCc2ccc(-c3cccc(O)c3)cc2)nc2c(N)ncnc21. The van der Waals surface area contributed by atoms with E-state index in [4.69, 9.17) is 19.9 Å². The molecule has 2 aromatic heterocycles. The van der Waals surface area contributed by atoms with E-state index >= 15 is 0 Å². The Labute approximate surface area is 240 Å². The lowest BCUT2D eigenvalue weighted by Crippen LogP contribution is -2.48. The summed E-state index contributed by atoms with van der Waals surface area (Å²) in [5.41, 5.74) is 9.89. The number of nitrogens with zero attached hydrogens (tertiary/aromatic N) is 4. The maximum atomic E-state index is 11.2. The van der Waals surface area contributed by atoms with Crippen LogP contribution in [0, 0.1) is 0 Å². The molecule has 0 saturated carbocycles. The molecule has 0 spiro atoms. The lowest BCUT2D eigenvalue weighted by Gasteiger charge is -2.40. The first kappa shape index (κ1) is 29.0. The maximum Gasteiger partial charge on any atom is 0.207 e. The first-order chi connectivity index (χ1) is 19.4. The molecule has 41 heavy (non-hydrogen) atoms. The van der Waals surface area contributed by atoms with Crippen molar-refractivity contribution in [3.05, 3.63) is 60.4 Å². The number of phenolic OH excluding ortho intramolecular Hbond substituents is 1. The largest absolute Gasteiger partial charge is 0.508 e. The fourth-order valence-corrected chi connectivity index (χ4v) is 5.98. The van der Waals surface area contributed by atoms with Crippen LogP contribution in [0.3, 0.4) is 0 Å². The van der Waals surface area contributed by atoms with Crippen molar-refractivity contribution in [2.75, 3.05) is 17.7 Å². The van der Waals surface area contributed by atoms with E-state index in [0.717, 1.165) is 16.7 Å². The van der Waals surface area contributed by atoms with E-state index in [9.17, 15) is 15.3 Å². The van der Waals surface area contributed by atoms with E-state index in [1.165, 1.54) is 6.33 Å². The van der Waals surface area contributed by atoms with Crippen molar-refractivity contribution in [2.45, 2.75) is 70.0 Å². The average Bonchev–Trinajstić information content (AvgIpc) is 3.44. The fourth-order valence-electron chi connectivity index (χ4n) is 4.69. The highest BCUT2D eigenvalue weighted by molar-refractivity contribution is 6.74. The summed E-state index contributed by atoms with van der Waals surface area (Å²) in [4.78, 5) is 13.3. The minimum Gasteiger partial charge on any atom is -0.508 e. The molecule has 0 unspecified atom stereocenters. The Hall–Kier alpha value is -3.55. The van der Waals surface area contributed by atoms with Crippen LogP contribution < -0.4 is 11.1 Å². The van der Waals surface area contributed by atoms with E-state index in [1.54, 1.807) is 16.7 Å². The van der Waals surface area contributed by atoms with Crippen LogP contribution in [-0.2, 0) is 15.7 Å². The van der Waals surface area contributed by atoms with E-state index < -0.39 is 32.9 Å². The summed E-state index contributed by atoms with van der Waals surface area (Å²) in [6, 6.07) is 15.1. The van der Waals surface area contributed by atoms with Crippen molar-refractivity contribution in [1.82, 2.24) is 19.5 Å². The molecule has 1 aliphatic heterocycles. The number of nitrogens with two attached hydrogens (primary N) is 1. The predicted molar refractivity (Wildman–Crippen MR) is 160 cm³/mol. The third kappa shape index (κ3) is 5.66. The second-order valence-electron chi connectivity index (χ2n) is 11.9. The number of phenols is 1. The Kier molecular flexibility index (Phi) is 7.79. The lowest BCUT2D eigenvalue weighted by atomic mass is 10.0. The Morgan fingerprint density at radius 3 is 2.49 bits per heavy atom. The van der Waals surface area contributed by atoms with Crippen molar-refractivity contribution < 1.29 is 24.5 Å². The Bertz CT molecular complexity index is 1520. The van der Waals surface area contributed by atoms with E-state index in [2.05, 4.69) is 49.1 Å². The van der Waals surface area contributed by atoms with E-state index in [1.807, 2.05) is 36.4 Å². The molecule has 11 nitrogen and oxygen atoms in total. The van der Waals surface area contributed by atoms with Gasteiger partial charge in [0.1, 0.15) is 30.4 Å². The zero-order valence-corrected chi connectivity index (χ0v) is 24.9. The molecule has 4 atom stereocenters. The van der Waals surface area contributed by atoms with Gasteiger partial charge in [0.15, 0.2) is 31.5 Å². The quantitative estimate of drug-likeness (QED) is 0.193. The number of aromatic nitrogens is 4. The zero-order chi connectivity index (χ0) is 29.5. The van der Waals surface area contributed by atoms with E-state index in [0.29, 0.717) is 23.7 Å². The molecular weight excluding hydrogens is 540 g/mol. The number of aliphatic hydroxyl groups excluding tert-OH is 2. The molecular formula is C29H38N6O5Si. The minimum atomic E-state index is -2.36. The van der Waals surface area contributed by atoms with Crippen LogP contribution in [0.2, 0.25) is 18.1 Å². The van der Waals surface area contributed by atoms with Crippen LogP contribution in [0.15, 0.2) is 54.9 Å². The van der Waals surface area contributed by atoms with Gasteiger partial charge in [-0.15, -0.1) is 0 Å². The number of hydrogen-bond donors (Lipinski definition) is 5. The number of ether oxygens (including phenoxy) is 1. The standard InChI is InChI=1S/C29H38N6O5Si/c1-29(2,3)41(4,5)40-24-23(38)21(15-36)39-27(24)35-26-22(25(30)32-16-33-26)34-28(35)31-14-17-9-11-18(12-10-17)19-7-6-8-20(37)13-19/h6-13,16,21,23-24,27,36-38H,14-15H2,1-5H3,(H,31,34)(H2,30,32,33)/t21-,23-,24-,27-/m1/s1. The van der Waals surface area contributed by atoms with Crippen LogP contribution in [-0.4, -0.2) is 68.1 Å². The van der Waals surface area contributed by atoms with Gasteiger partial charge in [-0.2, -0.15) is 0 Å². The third-order valence-electron chi connectivity index (χ3n) is 8.07. The molecule has 0 bridgehead atoms. The van der Waals surface area contributed by atoms with Gasteiger partial charge in [-0.05, 0) is 47.0 Å². The maximum absolute atomic E-state index is 11.2. The van der Waals surface area contributed by atoms with Crippen LogP contribution in [0.25, 0.3) is 22.3 Å². The number of hydrogen-bond acceptors (Lipinski definition) is 10. The number of nitrogens with one attached hydrogen (secondary N) is 1. The lowest BCUT2D eigenvalue weighted by molar-refractivity contribution is -0.0488. The number of aliphatic hydroxyl groups is 2. The van der Waals surface area contributed by atoms with Crippen LogP contribution in [0.1, 0.15) is 32.6 Å². The van der Waals surface area contributed by atoms with Gasteiger partial charge in [-0.1, -0.05) is 57.2 Å². The summed E-state index contributed by atoms with van der Waals surface area (Å²) < 4.78 is 14.6. The van der Waals surface area contributed by atoms with Crippen molar-refractivity contribution in [2.24, 2.45) is 0 Å². The number of aromatic hydroxyl groups is 1. The highest BCUT2D eigenvalue weighted by Crippen LogP contribution is 2.43. The first-order valence-corrected chi connectivity index (χ1v) is 16.5. The normalized spacial score (nSPS) is 21.4. The predicted octanol–water partition coefficient (Wildman–Crippen LogP) is 4.03. The monoisotopic (exact) mass is 578 g/mol. The second kappa shape index (κ2) is 11.0. The van der Waals surface area contributed by atoms with Gasteiger partial charge >= 0.3 is 0 Å². The first-order valence-electron chi connectivity index (χ1n) is 13.6. The molecule has 218 valence electrons. The molecule has 12 heteroatoms. The number of imidazole rings is 1. The van der Waals surface area contributed by atoms with Crippen LogP contribution in [0.4, 0.5) is 11.8 Å². The Morgan fingerprint density at radius 2 is 1.83 bits per heavy atom. The van der Waals surface area contributed by atoms with Crippen LogP contribution >= 0.6 is 0 Å². The smallest absolute Gasteiger partial charge is 0.207 e. The zero-order valence-electron chi connectivity index (χ0n) is 23.9. The number of nitrogen functional groups attached to an aromatic ring is 1. The molecule has 0 aliphatic carbocycles. The van der Waals surface area contributed by atoms with Gasteiger partial charge in [0.25, 0.3) is 0 Å². The fraction of sp³-hybridized carbons (Fsp3) is 0.414. The summed E-state index contributed by atoms with van der Waals surface area (Å²) >= 11 is 0. The topological polar surface area (TPSA) is 161 Å². The summed E-state index contributed by atoms with van der Waals surface area (Å²) in [5, 5.41) is 34.3. The number of fused-ring (bicyclic) bond motifs is 1. The molecule has 3 heterocycles. The minimum absolute atomic E-state index is 0.121. The summed E-state index contributed by atoms with van der Waals surface area (Å²) in [5.74, 6) is 0.850. The van der Waals surface area contributed by atoms with Gasteiger partial charge in [-0.3, -0.25) is 4.57 Å². The van der Waals surface area contributed by atoms with Gasteiger partial charge < -0.3 is 35.5 Å². The van der Waals surface area contributed by atoms with Crippen molar-refractivity contribution >= 4 is 31.2 Å². The van der Waals surface area contributed by atoms with Crippen molar-refractivity contribution in [3.8, 4) is 16.9 Å². The third-order valence-corrected chi connectivity index (χ3v) is 12.5. The number of anilines is 2. The summed E-state index contributed by atoms with van der Waals surface area (Å²) in [7, 11) is -2.36. The molecule has 1 fully saturated rings. The molecule has 4 aromatic rings. The molecule has 6 N–H and O–H groups in total. The molecule has 1 saturated heterocycles. The average molecular weight is 579 g/mol. The molecule has 5 rings (SSSR count). The van der Waals surface area contributed by atoms with Gasteiger partial charge in [0.2, 0.25) is 5.95 Å². The summed E-state index contributed by atoms with van der Waals surface area (Å²) in [6.07, 6.45) is -2.15. The summed E-state index contributed by atoms with van der Waals surface area (Å²) in [6.45, 7) is 10.6.